The van der Waals surface area contributed by atoms with Gasteiger partial charge in [-0.15, -0.1) is 12.4 Å². The number of carbonyl (C=O) groups is 1. The summed E-state index contributed by atoms with van der Waals surface area (Å²) in [5.74, 6) is -0.150. The highest BCUT2D eigenvalue weighted by Crippen LogP contribution is 2.25. The van der Waals surface area contributed by atoms with Crippen molar-refractivity contribution in [3.63, 3.8) is 0 Å². The average Bonchev–Trinajstić information content (AvgIpc) is 2.42. The van der Waals surface area contributed by atoms with Crippen molar-refractivity contribution in [1.82, 2.24) is 5.32 Å². The number of carbonyl (C=O) groups excluding carboxylic acids is 1. The van der Waals surface area contributed by atoms with Crippen LogP contribution >= 0.6 is 12.4 Å². The van der Waals surface area contributed by atoms with Crippen LogP contribution in [0.4, 0.5) is 10.1 Å². The summed E-state index contributed by atoms with van der Waals surface area (Å²) in [7, 11) is 3.39. The molecular formula is C14H22ClFN2O3. The molecule has 0 saturated heterocycles. The van der Waals surface area contributed by atoms with E-state index in [4.69, 9.17) is 9.47 Å². The van der Waals surface area contributed by atoms with Gasteiger partial charge >= 0.3 is 0 Å². The number of halogens is 2. The first kappa shape index (κ1) is 19.6. The first-order chi connectivity index (χ1) is 9.67. The summed E-state index contributed by atoms with van der Waals surface area (Å²) in [5, 5.41) is 5.63. The second-order valence-corrected chi connectivity index (χ2v) is 4.24. The molecule has 0 aromatic heterocycles. The van der Waals surface area contributed by atoms with Gasteiger partial charge in [0.1, 0.15) is 18.2 Å². The number of rotatable bonds is 9. The fourth-order valence-electron chi connectivity index (χ4n) is 1.60. The zero-order valence-corrected chi connectivity index (χ0v) is 13.1. The monoisotopic (exact) mass is 320 g/mol. The topological polar surface area (TPSA) is 59.6 Å². The van der Waals surface area contributed by atoms with Crippen LogP contribution in [0, 0.1) is 5.82 Å². The first-order valence-corrected chi connectivity index (χ1v) is 6.53. The molecule has 0 radical (unpaired) electrons. The third kappa shape index (κ3) is 7.84. The molecule has 0 saturated carbocycles. The van der Waals surface area contributed by atoms with Crippen LogP contribution in [0.25, 0.3) is 0 Å². The first-order valence-electron chi connectivity index (χ1n) is 6.53. The van der Waals surface area contributed by atoms with Gasteiger partial charge in [-0.05, 0) is 32.1 Å². The number of benzene rings is 1. The normalized spacial score (nSPS) is 9.86. The summed E-state index contributed by atoms with van der Waals surface area (Å²) < 4.78 is 23.6. The highest BCUT2D eigenvalue weighted by atomic mass is 35.5. The van der Waals surface area contributed by atoms with E-state index in [1.165, 1.54) is 18.2 Å². The van der Waals surface area contributed by atoms with E-state index >= 15 is 0 Å². The van der Waals surface area contributed by atoms with Crippen LogP contribution in [-0.4, -0.2) is 39.8 Å². The molecule has 0 spiro atoms. The molecule has 0 unspecified atom stereocenters. The Kier molecular flexibility index (Phi) is 10.6. The molecule has 1 amide bonds. The van der Waals surface area contributed by atoms with Gasteiger partial charge in [0.15, 0.2) is 0 Å². The number of nitrogens with one attached hydrogen (secondary N) is 2. The van der Waals surface area contributed by atoms with Gasteiger partial charge in [0.2, 0.25) is 5.91 Å². The van der Waals surface area contributed by atoms with E-state index in [0.29, 0.717) is 31.1 Å². The van der Waals surface area contributed by atoms with Crippen molar-refractivity contribution >= 4 is 24.0 Å². The van der Waals surface area contributed by atoms with E-state index in [-0.39, 0.29) is 18.3 Å². The number of ether oxygens (including phenoxy) is 2. The standard InChI is InChI=1S/C14H21FN2O3.ClH/c1-16-7-3-4-14(18)17-12-10-11(15)5-6-13(12)20-9-8-19-2;/h5-6,10,16H,3-4,7-9H2,1-2H3,(H,17,18);1H. The lowest BCUT2D eigenvalue weighted by molar-refractivity contribution is -0.116. The van der Waals surface area contributed by atoms with Gasteiger partial charge in [0.25, 0.3) is 0 Å². The van der Waals surface area contributed by atoms with Crippen LogP contribution in [0.5, 0.6) is 5.75 Å². The van der Waals surface area contributed by atoms with Crippen molar-refractivity contribution < 1.29 is 18.7 Å². The fraction of sp³-hybridized carbons (Fsp3) is 0.500. The molecule has 1 aromatic carbocycles. The fourth-order valence-corrected chi connectivity index (χ4v) is 1.60. The number of amides is 1. The zero-order valence-electron chi connectivity index (χ0n) is 12.3. The molecular weight excluding hydrogens is 299 g/mol. The molecule has 1 rings (SSSR count). The number of methoxy groups -OCH3 is 1. The zero-order chi connectivity index (χ0) is 14.8. The molecule has 5 nitrogen and oxygen atoms in total. The number of hydrogen-bond donors (Lipinski definition) is 2. The average molecular weight is 321 g/mol. The van der Waals surface area contributed by atoms with Gasteiger partial charge in [-0.3, -0.25) is 4.79 Å². The molecule has 0 atom stereocenters. The van der Waals surface area contributed by atoms with E-state index in [2.05, 4.69) is 10.6 Å². The summed E-state index contributed by atoms with van der Waals surface area (Å²) >= 11 is 0. The van der Waals surface area contributed by atoms with Crippen LogP contribution in [0.1, 0.15) is 12.8 Å². The van der Waals surface area contributed by atoms with Crippen LogP contribution in [-0.2, 0) is 9.53 Å². The maximum absolute atomic E-state index is 13.3. The van der Waals surface area contributed by atoms with Crippen LogP contribution in [0.15, 0.2) is 18.2 Å². The van der Waals surface area contributed by atoms with Crippen LogP contribution in [0.2, 0.25) is 0 Å². The molecule has 2 N–H and O–H groups in total. The van der Waals surface area contributed by atoms with E-state index < -0.39 is 5.82 Å². The van der Waals surface area contributed by atoms with Crippen LogP contribution in [0.3, 0.4) is 0 Å². The maximum atomic E-state index is 13.3. The van der Waals surface area contributed by atoms with E-state index in [9.17, 15) is 9.18 Å². The Bertz CT molecular complexity index is 433. The third-order valence-corrected chi connectivity index (χ3v) is 2.59. The minimum absolute atomic E-state index is 0. The van der Waals surface area contributed by atoms with Gasteiger partial charge < -0.3 is 20.1 Å². The number of anilines is 1. The summed E-state index contributed by atoms with van der Waals surface area (Å²) in [6.45, 7) is 1.52. The summed E-state index contributed by atoms with van der Waals surface area (Å²) in [6, 6.07) is 4.03. The molecule has 0 aliphatic rings. The minimum atomic E-state index is -0.422. The highest BCUT2D eigenvalue weighted by Gasteiger charge is 2.09. The van der Waals surface area contributed by atoms with Gasteiger partial charge in [0.05, 0.1) is 12.3 Å². The Morgan fingerprint density at radius 3 is 2.76 bits per heavy atom. The Morgan fingerprint density at radius 2 is 2.10 bits per heavy atom. The molecule has 0 fully saturated rings. The molecule has 21 heavy (non-hydrogen) atoms. The molecule has 0 bridgehead atoms. The van der Waals surface area contributed by atoms with Gasteiger partial charge in [0, 0.05) is 19.6 Å². The van der Waals surface area contributed by atoms with Crippen LogP contribution < -0.4 is 15.4 Å². The van der Waals surface area contributed by atoms with Crippen molar-refractivity contribution in [2.75, 3.05) is 39.2 Å². The lowest BCUT2D eigenvalue weighted by atomic mass is 10.2. The summed E-state index contributed by atoms with van der Waals surface area (Å²) in [5.41, 5.74) is 0.343. The Hall–Kier alpha value is -1.37. The Morgan fingerprint density at radius 1 is 1.33 bits per heavy atom. The maximum Gasteiger partial charge on any atom is 0.224 e. The molecule has 120 valence electrons. The van der Waals surface area contributed by atoms with E-state index in [0.717, 1.165) is 13.0 Å². The van der Waals surface area contributed by atoms with Crippen molar-refractivity contribution in [3.8, 4) is 5.75 Å². The lowest BCUT2D eigenvalue weighted by Crippen LogP contribution is -2.16. The summed E-state index contributed by atoms with van der Waals surface area (Å²) in [6.07, 6.45) is 1.09. The van der Waals surface area contributed by atoms with Crippen molar-refractivity contribution in [2.45, 2.75) is 12.8 Å². The van der Waals surface area contributed by atoms with Crippen molar-refractivity contribution in [1.29, 1.82) is 0 Å². The van der Waals surface area contributed by atoms with E-state index in [1.54, 1.807) is 7.11 Å². The summed E-state index contributed by atoms with van der Waals surface area (Å²) in [4.78, 5) is 11.7. The van der Waals surface area contributed by atoms with Crippen molar-refractivity contribution in [3.05, 3.63) is 24.0 Å². The van der Waals surface area contributed by atoms with Gasteiger partial charge in [-0.2, -0.15) is 0 Å². The second-order valence-electron chi connectivity index (χ2n) is 4.24. The molecule has 0 aliphatic carbocycles. The molecule has 0 heterocycles. The predicted octanol–water partition coefficient (Wildman–Crippen LogP) is 2.21. The SMILES string of the molecule is CNCCCC(=O)Nc1cc(F)ccc1OCCOC.Cl. The predicted molar refractivity (Wildman–Crippen MR) is 82.8 cm³/mol. The Labute approximate surface area is 130 Å². The van der Waals surface area contributed by atoms with E-state index in [1.807, 2.05) is 7.05 Å². The highest BCUT2D eigenvalue weighted by molar-refractivity contribution is 5.92. The molecule has 7 heteroatoms. The smallest absolute Gasteiger partial charge is 0.224 e. The Balaban J connectivity index is 0.00000400. The van der Waals surface area contributed by atoms with Gasteiger partial charge in [-0.1, -0.05) is 0 Å². The van der Waals surface area contributed by atoms with Gasteiger partial charge in [-0.25, -0.2) is 4.39 Å². The second kappa shape index (κ2) is 11.3. The molecule has 0 aliphatic heterocycles. The minimum Gasteiger partial charge on any atom is -0.489 e. The molecule has 1 aromatic rings. The quantitative estimate of drug-likeness (QED) is 0.685. The third-order valence-electron chi connectivity index (χ3n) is 2.59. The van der Waals surface area contributed by atoms with Crippen molar-refractivity contribution in [2.24, 2.45) is 0 Å². The number of hydrogen-bond acceptors (Lipinski definition) is 4. The lowest BCUT2D eigenvalue weighted by Gasteiger charge is -2.12. The largest absolute Gasteiger partial charge is 0.489 e.